The number of sulfonamides is 1. The molecule has 2 N–H and O–H groups in total. The molecule has 0 atom stereocenters. The molecule has 0 spiro atoms. The number of ether oxygens (including phenoxy) is 2. The first-order valence-corrected chi connectivity index (χ1v) is 11.7. The van der Waals surface area contributed by atoms with Crippen molar-refractivity contribution in [1.29, 1.82) is 0 Å². The van der Waals surface area contributed by atoms with E-state index in [1.165, 1.54) is 36.3 Å². The molecule has 0 saturated heterocycles. The minimum absolute atomic E-state index is 0.0219. The number of carbonyl (C=O) groups excluding carboxylic acids is 2. The largest absolute Gasteiger partial charge is 0.497 e. The summed E-state index contributed by atoms with van der Waals surface area (Å²) < 4.78 is 38.2. The number of nitrogens with one attached hydrogen (secondary N) is 2. The number of amides is 2. The molecule has 0 radical (unpaired) electrons. The van der Waals surface area contributed by atoms with Gasteiger partial charge in [-0.25, -0.2) is 8.42 Å². The summed E-state index contributed by atoms with van der Waals surface area (Å²) in [6.45, 7) is -0.0821. The van der Waals surface area contributed by atoms with Crippen molar-refractivity contribution < 1.29 is 27.5 Å². The van der Waals surface area contributed by atoms with Crippen LogP contribution in [-0.4, -0.2) is 52.9 Å². The smallest absolute Gasteiger partial charge is 0.261 e. The van der Waals surface area contributed by atoms with Gasteiger partial charge in [-0.2, -0.15) is 0 Å². The van der Waals surface area contributed by atoms with Crippen LogP contribution in [0.1, 0.15) is 10.4 Å². The SMILES string of the molecule is COc1ccc(NS(=O)(=O)c2ccc(C(=O)Nc3ccc(OCC(=O)N(C)C)cc3)cc2)cc1. The van der Waals surface area contributed by atoms with Gasteiger partial charge in [0.2, 0.25) is 0 Å². The molecule has 3 aromatic carbocycles. The predicted octanol–water partition coefficient (Wildman–Crippen LogP) is 3.22. The van der Waals surface area contributed by atoms with Crippen molar-refractivity contribution in [1.82, 2.24) is 4.90 Å². The number of likely N-dealkylation sites (N-methyl/N-ethyl adjacent to an activating group) is 1. The fourth-order valence-electron chi connectivity index (χ4n) is 2.77. The Labute approximate surface area is 198 Å². The van der Waals surface area contributed by atoms with Gasteiger partial charge in [-0.15, -0.1) is 0 Å². The highest BCUT2D eigenvalue weighted by Gasteiger charge is 2.15. The summed E-state index contributed by atoms with van der Waals surface area (Å²) >= 11 is 0. The van der Waals surface area contributed by atoms with Crippen molar-refractivity contribution in [2.75, 3.05) is 37.9 Å². The molecule has 10 heteroatoms. The van der Waals surface area contributed by atoms with Crippen LogP contribution >= 0.6 is 0 Å². The summed E-state index contributed by atoms with van der Waals surface area (Å²) in [7, 11) is 0.991. The van der Waals surface area contributed by atoms with Gasteiger partial charge in [-0.3, -0.25) is 14.3 Å². The average Bonchev–Trinajstić information content (AvgIpc) is 2.83. The Morgan fingerprint density at radius 3 is 1.94 bits per heavy atom. The van der Waals surface area contributed by atoms with Crippen LogP contribution in [0.15, 0.2) is 77.7 Å². The molecular formula is C24H25N3O6S. The molecule has 0 aliphatic rings. The minimum atomic E-state index is -3.82. The number of carbonyl (C=O) groups is 2. The van der Waals surface area contributed by atoms with E-state index in [9.17, 15) is 18.0 Å². The molecule has 0 bridgehead atoms. The number of hydrogen-bond acceptors (Lipinski definition) is 6. The second-order valence-electron chi connectivity index (χ2n) is 7.41. The van der Waals surface area contributed by atoms with E-state index in [0.29, 0.717) is 28.4 Å². The predicted molar refractivity (Wildman–Crippen MR) is 129 cm³/mol. The van der Waals surface area contributed by atoms with E-state index >= 15 is 0 Å². The van der Waals surface area contributed by atoms with Crippen molar-refractivity contribution in [3.8, 4) is 11.5 Å². The Morgan fingerprint density at radius 1 is 0.824 bits per heavy atom. The van der Waals surface area contributed by atoms with Crippen LogP contribution in [0.2, 0.25) is 0 Å². The summed E-state index contributed by atoms with van der Waals surface area (Å²) in [5, 5.41) is 2.73. The molecule has 0 aliphatic heterocycles. The number of nitrogens with zero attached hydrogens (tertiary/aromatic N) is 1. The molecule has 0 unspecified atom stereocenters. The van der Waals surface area contributed by atoms with Crippen LogP contribution < -0.4 is 19.5 Å². The number of hydrogen-bond donors (Lipinski definition) is 2. The highest BCUT2D eigenvalue weighted by Crippen LogP contribution is 2.21. The molecule has 0 aromatic heterocycles. The van der Waals surface area contributed by atoms with E-state index in [0.717, 1.165) is 0 Å². The Morgan fingerprint density at radius 2 is 1.38 bits per heavy atom. The summed E-state index contributed by atoms with van der Waals surface area (Å²) in [4.78, 5) is 25.6. The van der Waals surface area contributed by atoms with Gasteiger partial charge < -0.3 is 19.7 Å². The molecule has 0 heterocycles. The summed E-state index contributed by atoms with van der Waals surface area (Å²) in [6, 6.07) is 18.6. The van der Waals surface area contributed by atoms with Crippen LogP contribution in [0.25, 0.3) is 0 Å². The number of benzene rings is 3. The molecule has 3 rings (SSSR count). The minimum Gasteiger partial charge on any atom is -0.497 e. The van der Waals surface area contributed by atoms with Crippen molar-refractivity contribution in [3.63, 3.8) is 0 Å². The van der Waals surface area contributed by atoms with Crippen molar-refractivity contribution in [2.45, 2.75) is 4.90 Å². The monoisotopic (exact) mass is 483 g/mol. The van der Waals surface area contributed by atoms with Crippen LogP contribution in [-0.2, 0) is 14.8 Å². The second-order valence-corrected chi connectivity index (χ2v) is 9.10. The number of methoxy groups -OCH3 is 1. The van der Waals surface area contributed by atoms with Gasteiger partial charge in [0.15, 0.2) is 6.61 Å². The highest BCUT2D eigenvalue weighted by atomic mass is 32.2. The molecule has 0 aliphatic carbocycles. The second kappa shape index (κ2) is 10.7. The summed E-state index contributed by atoms with van der Waals surface area (Å²) in [6.07, 6.45) is 0. The standard InChI is InChI=1S/C24H25N3O6S/c1-27(2)23(28)16-33-21-12-6-18(7-13-21)25-24(29)17-4-14-22(15-5-17)34(30,31)26-19-8-10-20(32-3)11-9-19/h4-15,26H,16H2,1-3H3,(H,25,29). The maximum Gasteiger partial charge on any atom is 0.261 e. The Balaban J connectivity index is 1.60. The maximum absolute atomic E-state index is 12.6. The van der Waals surface area contributed by atoms with E-state index in [1.807, 2.05) is 0 Å². The molecule has 178 valence electrons. The van der Waals surface area contributed by atoms with Crippen molar-refractivity contribution >= 4 is 33.2 Å². The van der Waals surface area contributed by atoms with Gasteiger partial charge >= 0.3 is 0 Å². The van der Waals surface area contributed by atoms with Gasteiger partial charge in [0.25, 0.3) is 21.8 Å². The third-order valence-corrected chi connectivity index (χ3v) is 6.14. The number of rotatable bonds is 9. The van der Waals surface area contributed by atoms with Crippen LogP contribution in [0, 0.1) is 0 Å². The first kappa shape index (κ1) is 24.6. The third-order valence-electron chi connectivity index (χ3n) is 4.74. The highest BCUT2D eigenvalue weighted by molar-refractivity contribution is 7.92. The van der Waals surface area contributed by atoms with E-state index < -0.39 is 15.9 Å². The normalized spacial score (nSPS) is 10.8. The molecule has 0 saturated carbocycles. The zero-order valence-electron chi connectivity index (χ0n) is 18.9. The zero-order chi connectivity index (χ0) is 24.7. The molecule has 34 heavy (non-hydrogen) atoms. The van der Waals surface area contributed by atoms with Crippen LogP contribution in [0.3, 0.4) is 0 Å². The molecule has 3 aromatic rings. The fraction of sp³-hybridized carbons (Fsp3) is 0.167. The van der Waals surface area contributed by atoms with E-state index in [2.05, 4.69) is 10.0 Å². The lowest BCUT2D eigenvalue weighted by molar-refractivity contribution is -0.130. The summed E-state index contributed by atoms with van der Waals surface area (Å²) in [5.41, 5.74) is 1.20. The van der Waals surface area contributed by atoms with Gasteiger partial charge in [-0.05, 0) is 72.8 Å². The molecule has 0 fully saturated rings. The van der Waals surface area contributed by atoms with Crippen molar-refractivity contribution in [2.24, 2.45) is 0 Å². The third kappa shape index (κ3) is 6.48. The Bertz CT molecular complexity index is 1240. The summed E-state index contributed by atoms with van der Waals surface area (Å²) in [5.74, 6) is 0.539. The fourth-order valence-corrected chi connectivity index (χ4v) is 3.83. The Hall–Kier alpha value is -4.05. The topological polar surface area (TPSA) is 114 Å². The van der Waals surface area contributed by atoms with Gasteiger partial charge in [0, 0.05) is 31.0 Å². The Kier molecular flexibility index (Phi) is 7.75. The van der Waals surface area contributed by atoms with Crippen LogP contribution in [0.5, 0.6) is 11.5 Å². The number of anilines is 2. The van der Waals surface area contributed by atoms with Crippen molar-refractivity contribution in [3.05, 3.63) is 78.4 Å². The van der Waals surface area contributed by atoms with E-state index in [1.54, 1.807) is 62.6 Å². The van der Waals surface area contributed by atoms with Gasteiger partial charge in [0.1, 0.15) is 11.5 Å². The van der Waals surface area contributed by atoms with Gasteiger partial charge in [-0.1, -0.05) is 0 Å². The van der Waals surface area contributed by atoms with Crippen LogP contribution in [0.4, 0.5) is 11.4 Å². The van der Waals surface area contributed by atoms with Gasteiger partial charge in [0.05, 0.1) is 12.0 Å². The first-order valence-electron chi connectivity index (χ1n) is 10.2. The average molecular weight is 484 g/mol. The lowest BCUT2D eigenvalue weighted by atomic mass is 10.2. The molecule has 2 amide bonds. The quantitative estimate of drug-likeness (QED) is 0.483. The van der Waals surface area contributed by atoms with E-state index in [4.69, 9.17) is 9.47 Å². The van der Waals surface area contributed by atoms with E-state index in [-0.39, 0.29) is 17.4 Å². The maximum atomic E-state index is 12.6. The first-order chi connectivity index (χ1) is 16.2. The lowest BCUT2D eigenvalue weighted by Crippen LogP contribution is -2.27. The molecular weight excluding hydrogens is 458 g/mol. The lowest BCUT2D eigenvalue weighted by Gasteiger charge is -2.12. The zero-order valence-corrected chi connectivity index (χ0v) is 19.8. The molecule has 9 nitrogen and oxygen atoms in total.